The van der Waals surface area contributed by atoms with Gasteiger partial charge in [-0.05, 0) is 44.4 Å². The molecule has 3 fully saturated rings. The molecule has 0 radical (unpaired) electrons. The predicted octanol–water partition coefficient (Wildman–Crippen LogP) is 2.49. The summed E-state index contributed by atoms with van der Waals surface area (Å²) >= 11 is 0. The largest absolute Gasteiger partial charge is 0.511 e. The van der Waals surface area contributed by atoms with Gasteiger partial charge < -0.3 is 4.74 Å². The molecule has 23 heavy (non-hydrogen) atoms. The molecule has 9 heteroatoms. The van der Waals surface area contributed by atoms with E-state index in [4.69, 9.17) is 4.74 Å². The van der Waals surface area contributed by atoms with Crippen molar-refractivity contribution >= 4 is 16.0 Å². The molecule has 3 rings (SSSR count). The maximum absolute atomic E-state index is 12.6. The molecule has 0 amide bonds. The van der Waals surface area contributed by atoms with Crippen LogP contribution in [0.2, 0.25) is 0 Å². The molecule has 0 heterocycles. The van der Waals surface area contributed by atoms with Gasteiger partial charge in [0, 0.05) is 18.0 Å². The Kier molecular flexibility index (Phi) is 5.10. The Balaban J connectivity index is 2.17. The lowest BCUT2D eigenvalue weighted by molar-refractivity contribution is -0.147. The molecule has 0 aromatic rings. The monoisotopic (exact) mass is 355 g/mol. The summed E-state index contributed by atoms with van der Waals surface area (Å²) in [7, 11) is -5.41. The summed E-state index contributed by atoms with van der Waals surface area (Å²) in [6.45, 7) is 4.97. The molecule has 3 aliphatic carbocycles. The second-order valence-electron chi connectivity index (χ2n) is 6.31. The number of fused-ring (bicyclic) bond motifs is 4. The van der Waals surface area contributed by atoms with Crippen molar-refractivity contribution in [1.29, 1.82) is 0 Å². The van der Waals surface area contributed by atoms with Gasteiger partial charge in [0.15, 0.2) is 0 Å². The number of hydrogen-bond acceptors (Lipinski definition) is 4. The summed E-state index contributed by atoms with van der Waals surface area (Å²) in [5, 5.41) is 0. The van der Waals surface area contributed by atoms with Gasteiger partial charge in [0.1, 0.15) is 6.10 Å². The molecule has 0 saturated heterocycles. The van der Waals surface area contributed by atoms with Gasteiger partial charge in [-0.25, -0.2) is 17.9 Å². The summed E-state index contributed by atoms with van der Waals surface area (Å²) in [6.07, 6.45) is 2.14. The van der Waals surface area contributed by atoms with Crippen LogP contribution in [-0.2, 0) is 19.6 Å². The van der Waals surface area contributed by atoms with E-state index in [1.165, 1.54) is 6.92 Å². The highest BCUT2D eigenvalue weighted by Gasteiger charge is 2.49. The summed E-state index contributed by atoms with van der Waals surface area (Å²) in [5.74, 6) is -0.718. The van der Waals surface area contributed by atoms with Crippen LogP contribution in [0.4, 0.5) is 13.2 Å². The fourth-order valence-electron chi connectivity index (χ4n) is 3.35. The number of ether oxygens (including phenoxy) is 1. The lowest BCUT2D eigenvalue weighted by atomic mass is 9.82. The number of esters is 1. The van der Waals surface area contributed by atoms with Crippen molar-refractivity contribution in [3.8, 4) is 0 Å². The zero-order valence-electron chi connectivity index (χ0n) is 12.7. The highest BCUT2D eigenvalue weighted by molar-refractivity contribution is 7.90. The molecule has 2 bridgehead atoms. The van der Waals surface area contributed by atoms with E-state index in [0.717, 1.165) is 0 Å². The smallest absolute Gasteiger partial charge is 0.459 e. The van der Waals surface area contributed by atoms with Crippen LogP contribution in [0, 0.1) is 11.8 Å². The minimum Gasteiger partial charge on any atom is -0.459 e. The van der Waals surface area contributed by atoms with Crippen molar-refractivity contribution < 1.29 is 31.1 Å². The molecule has 3 saturated carbocycles. The molecule has 0 spiro atoms. The van der Waals surface area contributed by atoms with Crippen LogP contribution in [0.5, 0.6) is 0 Å². The quantitative estimate of drug-likeness (QED) is 0.621. The first-order chi connectivity index (χ1) is 10.5. The van der Waals surface area contributed by atoms with Crippen molar-refractivity contribution in [3.05, 3.63) is 12.2 Å². The second-order valence-corrected chi connectivity index (χ2v) is 8.01. The number of halogens is 3. The molecule has 3 aliphatic rings. The van der Waals surface area contributed by atoms with Crippen molar-refractivity contribution in [1.82, 2.24) is 4.72 Å². The van der Waals surface area contributed by atoms with Crippen molar-refractivity contribution in [2.24, 2.45) is 11.8 Å². The van der Waals surface area contributed by atoms with Gasteiger partial charge in [0.2, 0.25) is 0 Å². The van der Waals surface area contributed by atoms with Crippen molar-refractivity contribution in [3.63, 3.8) is 0 Å². The van der Waals surface area contributed by atoms with Crippen LogP contribution in [-0.4, -0.2) is 32.0 Å². The van der Waals surface area contributed by atoms with E-state index in [9.17, 15) is 26.4 Å². The summed E-state index contributed by atoms with van der Waals surface area (Å²) < 4.78 is 67.7. The Hall–Kier alpha value is -1.09. The van der Waals surface area contributed by atoms with Gasteiger partial charge >= 0.3 is 21.5 Å². The van der Waals surface area contributed by atoms with Crippen LogP contribution in [0.15, 0.2) is 12.2 Å². The standard InChI is InChI=1S/C14H20F3NO4S/c1-8(2)13(19)22-12-7-11(9-3-5-10(12)6-4-9)18-23(20,21)14(15,16)17/h9-12,18H,1,3-7H2,2H3. The average Bonchev–Trinajstić information content (AvgIpc) is 2.67. The van der Waals surface area contributed by atoms with Crippen molar-refractivity contribution in [2.75, 3.05) is 0 Å². The number of sulfonamides is 1. The minimum absolute atomic E-state index is 0.0509. The Morgan fingerprint density at radius 2 is 1.70 bits per heavy atom. The molecule has 2 atom stereocenters. The molecule has 2 unspecified atom stereocenters. The molecule has 1 N–H and O–H groups in total. The first kappa shape index (κ1) is 18.3. The minimum atomic E-state index is -5.41. The number of alkyl halides is 3. The summed E-state index contributed by atoms with van der Waals surface area (Å²) in [6, 6.07) is -0.878. The van der Waals surface area contributed by atoms with Gasteiger partial charge in [0.05, 0.1) is 0 Å². The fourth-order valence-corrected chi connectivity index (χ4v) is 4.17. The third-order valence-corrected chi connectivity index (χ3v) is 5.84. The van der Waals surface area contributed by atoms with E-state index in [2.05, 4.69) is 6.58 Å². The Morgan fingerprint density at radius 1 is 1.17 bits per heavy atom. The van der Waals surface area contributed by atoms with Gasteiger partial charge in [-0.2, -0.15) is 13.2 Å². The molecular weight excluding hydrogens is 335 g/mol. The summed E-state index contributed by atoms with van der Waals surface area (Å²) in [5.41, 5.74) is -5.14. The number of carbonyl (C=O) groups is 1. The predicted molar refractivity (Wildman–Crippen MR) is 76.7 cm³/mol. The summed E-state index contributed by atoms with van der Waals surface area (Å²) in [4.78, 5) is 11.7. The molecule has 0 aliphatic heterocycles. The maximum atomic E-state index is 12.6. The first-order valence-corrected chi connectivity index (χ1v) is 8.94. The van der Waals surface area contributed by atoms with E-state index in [0.29, 0.717) is 25.7 Å². The van der Waals surface area contributed by atoms with Crippen LogP contribution in [0.25, 0.3) is 0 Å². The normalized spacial score (nSPS) is 31.5. The fraction of sp³-hybridized carbons (Fsp3) is 0.786. The van der Waals surface area contributed by atoms with Crippen LogP contribution < -0.4 is 4.72 Å². The number of carbonyl (C=O) groups excluding carboxylic acids is 1. The third-order valence-electron chi connectivity index (χ3n) is 4.62. The Labute approximate surface area is 133 Å². The number of nitrogens with one attached hydrogen (secondary N) is 1. The molecule has 132 valence electrons. The highest BCUT2D eigenvalue weighted by atomic mass is 32.2. The molecule has 0 aromatic heterocycles. The maximum Gasteiger partial charge on any atom is 0.511 e. The number of rotatable bonds is 4. The average molecular weight is 355 g/mol. The van der Waals surface area contributed by atoms with Gasteiger partial charge in [-0.15, -0.1) is 0 Å². The first-order valence-electron chi connectivity index (χ1n) is 7.46. The highest BCUT2D eigenvalue weighted by Crippen LogP contribution is 2.41. The topological polar surface area (TPSA) is 72.5 Å². The zero-order valence-corrected chi connectivity index (χ0v) is 13.5. The van der Waals surface area contributed by atoms with Crippen LogP contribution in [0.1, 0.15) is 39.0 Å². The van der Waals surface area contributed by atoms with Crippen LogP contribution in [0.3, 0.4) is 0 Å². The van der Waals surface area contributed by atoms with Gasteiger partial charge in [-0.3, -0.25) is 0 Å². The zero-order chi connectivity index (χ0) is 17.4. The SMILES string of the molecule is C=C(C)C(=O)OC1CC(NS(=O)(=O)C(F)(F)F)C2CCC1CC2. The molecule has 0 aromatic carbocycles. The van der Waals surface area contributed by atoms with E-state index in [1.54, 1.807) is 4.72 Å². The Bertz CT molecular complexity index is 579. The lowest BCUT2D eigenvalue weighted by Gasteiger charge is -2.28. The van der Waals surface area contributed by atoms with Crippen molar-refractivity contribution in [2.45, 2.75) is 56.7 Å². The van der Waals surface area contributed by atoms with Crippen LogP contribution >= 0.6 is 0 Å². The molecule has 5 nitrogen and oxygen atoms in total. The van der Waals surface area contributed by atoms with Gasteiger partial charge in [-0.1, -0.05) is 6.58 Å². The van der Waals surface area contributed by atoms with Gasteiger partial charge in [0.25, 0.3) is 0 Å². The molecular formula is C14H20F3NO4S. The van der Waals surface area contributed by atoms with E-state index < -0.39 is 33.6 Å². The lowest BCUT2D eigenvalue weighted by Crippen LogP contribution is -2.46. The second kappa shape index (κ2) is 6.43. The Morgan fingerprint density at radius 3 is 2.17 bits per heavy atom. The number of hydrogen-bond donors (Lipinski definition) is 1. The van der Waals surface area contributed by atoms with E-state index in [-0.39, 0.29) is 23.8 Å². The van der Waals surface area contributed by atoms with E-state index >= 15 is 0 Å². The van der Waals surface area contributed by atoms with E-state index in [1.807, 2.05) is 0 Å². The third kappa shape index (κ3) is 4.06.